The zero-order valence-corrected chi connectivity index (χ0v) is 30.5. The molecule has 0 spiro atoms. The van der Waals surface area contributed by atoms with Gasteiger partial charge < -0.3 is 24.1 Å². The van der Waals surface area contributed by atoms with Gasteiger partial charge >= 0.3 is 0 Å². The number of aliphatic hydroxyl groups is 1. The van der Waals surface area contributed by atoms with Gasteiger partial charge in [0, 0.05) is 30.7 Å². The first-order chi connectivity index (χ1) is 23.0. The van der Waals surface area contributed by atoms with E-state index in [2.05, 4.69) is 76.0 Å². The SMILES string of the molecule is COc1ccc(CO[C@@H](C(C)C)[C@@H](C)/C=C/[C@H](O)CC(=O)C[C@@H]2C[C@H](/C=C/[Si](C)(C)Cc3ccccc3)O[C@H](c3ccccc3)O2)cc1. The molecule has 258 valence electrons. The van der Waals surface area contributed by atoms with Gasteiger partial charge in [-0.15, -0.1) is 0 Å². The summed E-state index contributed by atoms with van der Waals surface area (Å²) in [5, 5.41) is 10.8. The first-order valence-electron chi connectivity index (χ1n) is 17.2. The predicted molar refractivity (Wildman–Crippen MR) is 195 cm³/mol. The molecule has 0 radical (unpaired) electrons. The Bertz CT molecular complexity index is 1440. The number of carbonyl (C=O) groups excluding carboxylic acids is 1. The van der Waals surface area contributed by atoms with Gasteiger partial charge in [-0.25, -0.2) is 0 Å². The molecule has 0 bridgehead atoms. The molecule has 0 aromatic heterocycles. The normalized spacial score (nSPS) is 20.6. The molecule has 0 aliphatic carbocycles. The Morgan fingerprint density at radius 1 is 0.917 bits per heavy atom. The summed E-state index contributed by atoms with van der Waals surface area (Å²) in [6, 6.07) is 29.4. The summed E-state index contributed by atoms with van der Waals surface area (Å²) in [5.41, 5.74) is 5.71. The molecule has 1 aliphatic heterocycles. The standard InChI is InChI=1S/C41H54O6Si/c1-30(2)40(45-28-32-18-21-37(44-4)22-19-32)31(3)17-20-35(42)25-36(43)26-39-27-38(46-41(47-39)34-15-11-8-12-16-34)23-24-48(5,6)29-33-13-9-7-10-14-33/h7-24,30-31,35,38-42H,25-29H2,1-6H3/b20-17+,24-23+/t31-,35-,38-,39+,40-,41-/m0/s1. The monoisotopic (exact) mass is 670 g/mol. The fourth-order valence-corrected chi connectivity index (χ4v) is 8.37. The van der Waals surface area contributed by atoms with Crippen LogP contribution in [0, 0.1) is 11.8 Å². The molecule has 0 amide bonds. The van der Waals surface area contributed by atoms with Crippen LogP contribution in [-0.4, -0.2) is 50.5 Å². The molecule has 6 nitrogen and oxygen atoms in total. The number of aliphatic hydroxyl groups excluding tert-OH is 1. The largest absolute Gasteiger partial charge is 0.497 e. The number of hydrogen-bond acceptors (Lipinski definition) is 6. The molecular formula is C41H54O6Si. The molecule has 6 atom stereocenters. The molecule has 0 unspecified atom stereocenters. The number of ketones is 1. The third-order valence-corrected chi connectivity index (χ3v) is 11.2. The summed E-state index contributed by atoms with van der Waals surface area (Å²) in [6.07, 6.45) is 4.80. The minimum absolute atomic E-state index is 0.0313. The van der Waals surface area contributed by atoms with E-state index < -0.39 is 20.5 Å². The Labute approximate surface area is 288 Å². The van der Waals surface area contributed by atoms with Crippen LogP contribution < -0.4 is 4.74 Å². The zero-order valence-electron chi connectivity index (χ0n) is 29.5. The summed E-state index contributed by atoms with van der Waals surface area (Å²) in [6.45, 7) is 11.6. The highest BCUT2D eigenvalue weighted by atomic mass is 28.3. The van der Waals surface area contributed by atoms with E-state index in [-0.39, 0.29) is 48.8 Å². The lowest BCUT2D eigenvalue weighted by Crippen LogP contribution is -2.35. The summed E-state index contributed by atoms with van der Waals surface area (Å²) in [5.74, 6) is 1.12. The second kappa shape index (κ2) is 18.4. The van der Waals surface area contributed by atoms with Gasteiger partial charge in [0.2, 0.25) is 0 Å². The molecule has 1 heterocycles. The quantitative estimate of drug-likeness (QED) is 0.115. The fraction of sp³-hybridized carbons (Fsp3) is 0.439. The Balaban J connectivity index is 1.33. The summed E-state index contributed by atoms with van der Waals surface area (Å²) in [4.78, 5) is 13.2. The second-order valence-corrected chi connectivity index (χ2v) is 18.7. The van der Waals surface area contributed by atoms with Crippen molar-refractivity contribution in [1.29, 1.82) is 0 Å². The number of carbonyl (C=O) groups is 1. The van der Waals surface area contributed by atoms with Crippen LogP contribution in [0.25, 0.3) is 0 Å². The van der Waals surface area contributed by atoms with Crippen LogP contribution in [0.3, 0.4) is 0 Å². The van der Waals surface area contributed by atoms with E-state index in [9.17, 15) is 9.90 Å². The molecule has 1 saturated heterocycles. The van der Waals surface area contributed by atoms with Crippen molar-refractivity contribution < 1.29 is 28.8 Å². The molecular weight excluding hydrogens is 617 g/mol. The first kappa shape index (κ1) is 37.5. The van der Waals surface area contributed by atoms with E-state index in [0.29, 0.717) is 13.0 Å². The maximum atomic E-state index is 13.2. The predicted octanol–water partition coefficient (Wildman–Crippen LogP) is 8.60. The van der Waals surface area contributed by atoms with Crippen LogP contribution in [0.2, 0.25) is 13.1 Å². The Morgan fingerprint density at radius 2 is 1.58 bits per heavy atom. The van der Waals surface area contributed by atoms with Crippen LogP contribution in [0.4, 0.5) is 0 Å². The molecule has 48 heavy (non-hydrogen) atoms. The number of rotatable bonds is 17. The van der Waals surface area contributed by atoms with E-state index in [1.54, 1.807) is 13.2 Å². The van der Waals surface area contributed by atoms with Crippen LogP contribution in [0.15, 0.2) is 109 Å². The lowest BCUT2D eigenvalue weighted by atomic mass is 9.93. The number of benzene rings is 3. The maximum absolute atomic E-state index is 13.2. The van der Waals surface area contributed by atoms with Crippen LogP contribution >= 0.6 is 0 Å². The zero-order chi connectivity index (χ0) is 34.5. The van der Waals surface area contributed by atoms with Crippen LogP contribution in [0.5, 0.6) is 5.75 Å². The van der Waals surface area contributed by atoms with Gasteiger partial charge in [-0.05, 0) is 29.7 Å². The van der Waals surface area contributed by atoms with Crippen molar-refractivity contribution in [3.8, 4) is 5.75 Å². The van der Waals surface area contributed by atoms with Gasteiger partial charge in [-0.3, -0.25) is 4.79 Å². The van der Waals surface area contributed by atoms with Crippen molar-refractivity contribution in [2.24, 2.45) is 11.8 Å². The number of ether oxygens (including phenoxy) is 4. The van der Waals surface area contributed by atoms with E-state index in [4.69, 9.17) is 18.9 Å². The highest BCUT2D eigenvalue weighted by molar-refractivity contribution is 6.81. The minimum atomic E-state index is -1.69. The molecule has 7 heteroatoms. The smallest absolute Gasteiger partial charge is 0.184 e. The van der Waals surface area contributed by atoms with Crippen molar-refractivity contribution in [3.05, 3.63) is 126 Å². The van der Waals surface area contributed by atoms with Crippen molar-refractivity contribution in [2.45, 2.75) is 96.5 Å². The van der Waals surface area contributed by atoms with Gasteiger partial charge in [0.05, 0.1) is 46.2 Å². The van der Waals surface area contributed by atoms with E-state index in [0.717, 1.165) is 22.9 Å². The van der Waals surface area contributed by atoms with Crippen molar-refractivity contribution in [1.82, 2.24) is 0 Å². The molecule has 1 aliphatic rings. The average Bonchev–Trinajstić information content (AvgIpc) is 3.07. The summed E-state index contributed by atoms with van der Waals surface area (Å²) < 4.78 is 24.3. The Hall–Kier alpha value is -3.33. The van der Waals surface area contributed by atoms with Gasteiger partial charge in [0.25, 0.3) is 0 Å². The maximum Gasteiger partial charge on any atom is 0.184 e. The second-order valence-electron chi connectivity index (χ2n) is 14.0. The molecule has 1 N–H and O–H groups in total. The van der Waals surface area contributed by atoms with Gasteiger partial charge in [0.15, 0.2) is 6.29 Å². The van der Waals surface area contributed by atoms with Crippen LogP contribution in [0.1, 0.15) is 63.0 Å². The minimum Gasteiger partial charge on any atom is -0.497 e. The van der Waals surface area contributed by atoms with E-state index >= 15 is 0 Å². The molecule has 3 aromatic carbocycles. The molecule has 0 saturated carbocycles. The molecule has 3 aromatic rings. The summed E-state index contributed by atoms with van der Waals surface area (Å²) >= 11 is 0. The van der Waals surface area contributed by atoms with Crippen LogP contribution in [-0.2, 0) is 31.7 Å². The third-order valence-electron chi connectivity index (χ3n) is 8.75. The molecule has 1 fully saturated rings. The van der Waals surface area contributed by atoms with Gasteiger partial charge in [-0.2, -0.15) is 0 Å². The first-order valence-corrected chi connectivity index (χ1v) is 20.5. The topological polar surface area (TPSA) is 74.2 Å². The van der Waals surface area contributed by atoms with Crippen molar-refractivity contribution >= 4 is 13.9 Å². The van der Waals surface area contributed by atoms with Crippen molar-refractivity contribution in [2.75, 3.05) is 7.11 Å². The lowest BCUT2D eigenvalue weighted by molar-refractivity contribution is -0.237. The Kier molecular flexibility index (Phi) is 14.4. The number of Topliss-reactive ketones (excluding diaryl/α,β-unsaturated/α-hetero) is 1. The van der Waals surface area contributed by atoms with Gasteiger partial charge in [0.1, 0.15) is 11.5 Å². The number of methoxy groups -OCH3 is 1. The summed E-state index contributed by atoms with van der Waals surface area (Å²) in [7, 11) is -0.0343. The highest BCUT2D eigenvalue weighted by Crippen LogP contribution is 2.32. The Morgan fingerprint density at radius 3 is 2.23 bits per heavy atom. The van der Waals surface area contributed by atoms with E-state index in [1.165, 1.54) is 5.56 Å². The van der Waals surface area contributed by atoms with Gasteiger partial charge in [-0.1, -0.05) is 136 Å². The van der Waals surface area contributed by atoms with E-state index in [1.807, 2.05) is 60.7 Å². The van der Waals surface area contributed by atoms with Crippen molar-refractivity contribution in [3.63, 3.8) is 0 Å². The number of hydrogen-bond donors (Lipinski definition) is 1. The molecule has 4 rings (SSSR count). The fourth-order valence-electron chi connectivity index (χ4n) is 6.22. The average molecular weight is 671 g/mol. The third kappa shape index (κ3) is 12.3. The highest BCUT2D eigenvalue weighted by Gasteiger charge is 2.32. The lowest BCUT2D eigenvalue weighted by Gasteiger charge is -2.35.